The smallest absolute Gasteiger partial charge is 0.225 e. The molecule has 0 aliphatic carbocycles. The van der Waals surface area contributed by atoms with Crippen molar-refractivity contribution < 1.29 is 4.79 Å². The number of carbonyl (C=O) groups excluding carboxylic acids is 1. The zero-order chi connectivity index (χ0) is 17.6. The number of nitrogens with zero attached hydrogens (tertiary/aromatic N) is 2. The average Bonchev–Trinajstić information content (AvgIpc) is 2.63. The highest BCUT2D eigenvalue weighted by molar-refractivity contribution is 5.90. The lowest BCUT2D eigenvalue weighted by atomic mass is 10.1. The van der Waals surface area contributed by atoms with E-state index in [1.807, 2.05) is 61.5 Å². The van der Waals surface area contributed by atoms with Crippen LogP contribution in [0.5, 0.6) is 0 Å². The van der Waals surface area contributed by atoms with Crippen molar-refractivity contribution in [1.29, 1.82) is 0 Å². The molecule has 0 aliphatic rings. The summed E-state index contributed by atoms with van der Waals surface area (Å²) in [6.45, 7) is 1.83. The quantitative estimate of drug-likeness (QED) is 0.699. The maximum Gasteiger partial charge on any atom is 0.225 e. The molecule has 126 valence electrons. The summed E-state index contributed by atoms with van der Waals surface area (Å²) < 4.78 is 0. The fourth-order valence-electron chi connectivity index (χ4n) is 2.49. The molecule has 2 aromatic carbocycles. The van der Waals surface area contributed by atoms with Crippen molar-refractivity contribution in [2.75, 3.05) is 11.1 Å². The van der Waals surface area contributed by atoms with Gasteiger partial charge in [-0.05, 0) is 31.0 Å². The average molecular weight is 332 g/mol. The summed E-state index contributed by atoms with van der Waals surface area (Å²) >= 11 is 0. The predicted molar refractivity (Wildman–Crippen MR) is 100 cm³/mol. The van der Waals surface area contributed by atoms with E-state index < -0.39 is 0 Å². The lowest BCUT2D eigenvalue weighted by Gasteiger charge is -2.09. The molecule has 0 saturated heterocycles. The number of nitrogen functional groups attached to an aromatic ring is 1. The number of aromatic nitrogens is 2. The zero-order valence-corrected chi connectivity index (χ0v) is 14.1. The highest BCUT2D eigenvalue weighted by Gasteiger charge is 2.09. The Kier molecular flexibility index (Phi) is 5.04. The topological polar surface area (TPSA) is 80.9 Å². The van der Waals surface area contributed by atoms with Crippen LogP contribution in [0.25, 0.3) is 11.3 Å². The Labute approximate surface area is 146 Å². The van der Waals surface area contributed by atoms with E-state index in [4.69, 9.17) is 5.73 Å². The maximum absolute atomic E-state index is 12.1. The van der Waals surface area contributed by atoms with Crippen LogP contribution >= 0.6 is 0 Å². The molecule has 5 heteroatoms. The van der Waals surface area contributed by atoms with Crippen LogP contribution in [0.4, 0.5) is 11.5 Å². The molecule has 0 spiro atoms. The fourth-order valence-corrected chi connectivity index (χ4v) is 2.49. The van der Waals surface area contributed by atoms with Gasteiger partial charge in [0.15, 0.2) is 5.82 Å². The number of hydrogen-bond acceptors (Lipinski definition) is 4. The first kappa shape index (κ1) is 16.6. The van der Waals surface area contributed by atoms with Gasteiger partial charge >= 0.3 is 0 Å². The van der Waals surface area contributed by atoms with Gasteiger partial charge < -0.3 is 11.1 Å². The van der Waals surface area contributed by atoms with Gasteiger partial charge in [-0.1, -0.05) is 42.5 Å². The van der Waals surface area contributed by atoms with Crippen LogP contribution in [-0.2, 0) is 11.2 Å². The highest BCUT2D eigenvalue weighted by atomic mass is 16.1. The predicted octanol–water partition coefficient (Wildman–Crippen LogP) is 3.61. The summed E-state index contributed by atoms with van der Waals surface area (Å²) in [6.07, 6.45) is 2.76. The van der Waals surface area contributed by atoms with Crippen LogP contribution in [0.1, 0.15) is 17.7 Å². The van der Waals surface area contributed by atoms with Crippen LogP contribution in [0, 0.1) is 6.92 Å². The fraction of sp³-hybridized carbons (Fsp3) is 0.150. The molecule has 3 N–H and O–H groups in total. The van der Waals surface area contributed by atoms with Crippen LogP contribution in [0.15, 0.2) is 60.8 Å². The monoisotopic (exact) mass is 332 g/mol. The number of nitrogens with one attached hydrogen (secondary N) is 1. The number of aryl methyl sites for hydroxylation is 2. The molecule has 3 rings (SSSR count). The van der Waals surface area contributed by atoms with Crippen LogP contribution in [-0.4, -0.2) is 15.9 Å². The number of anilines is 2. The third-order valence-corrected chi connectivity index (χ3v) is 3.89. The van der Waals surface area contributed by atoms with Crippen LogP contribution in [0.3, 0.4) is 0 Å². The van der Waals surface area contributed by atoms with Crippen LogP contribution < -0.4 is 11.1 Å². The minimum Gasteiger partial charge on any atom is -0.399 e. The van der Waals surface area contributed by atoms with Gasteiger partial charge in [-0.15, -0.1) is 0 Å². The Hall–Kier alpha value is -3.21. The molecule has 5 nitrogen and oxygen atoms in total. The normalized spacial score (nSPS) is 10.4. The van der Waals surface area contributed by atoms with Gasteiger partial charge in [0.05, 0.1) is 17.6 Å². The molecule has 25 heavy (non-hydrogen) atoms. The van der Waals surface area contributed by atoms with E-state index in [2.05, 4.69) is 15.3 Å². The number of benzene rings is 2. The Bertz CT molecular complexity index is 861. The number of carbonyl (C=O) groups is 1. The second kappa shape index (κ2) is 7.57. The first-order valence-corrected chi connectivity index (χ1v) is 8.15. The van der Waals surface area contributed by atoms with Crippen molar-refractivity contribution in [1.82, 2.24) is 9.97 Å². The molecule has 0 bridgehead atoms. The molecule has 3 aromatic rings. The van der Waals surface area contributed by atoms with E-state index in [-0.39, 0.29) is 5.91 Å². The molecule has 0 aliphatic heterocycles. The summed E-state index contributed by atoms with van der Waals surface area (Å²) in [5, 5.41) is 2.84. The van der Waals surface area contributed by atoms with Crippen molar-refractivity contribution >= 4 is 17.4 Å². The van der Waals surface area contributed by atoms with Gasteiger partial charge in [0, 0.05) is 17.7 Å². The number of amides is 1. The Morgan fingerprint density at radius 1 is 1.08 bits per heavy atom. The van der Waals surface area contributed by atoms with E-state index in [1.54, 1.807) is 6.20 Å². The lowest BCUT2D eigenvalue weighted by Crippen LogP contribution is -2.15. The van der Waals surface area contributed by atoms with Crippen molar-refractivity contribution in [2.45, 2.75) is 19.8 Å². The molecule has 1 heterocycles. The van der Waals surface area contributed by atoms with E-state index in [9.17, 15) is 4.79 Å². The van der Waals surface area contributed by atoms with Gasteiger partial charge in [0.1, 0.15) is 0 Å². The van der Waals surface area contributed by atoms with Gasteiger partial charge in [-0.3, -0.25) is 4.79 Å². The molecule has 0 unspecified atom stereocenters. The summed E-state index contributed by atoms with van der Waals surface area (Å²) in [5.41, 5.74) is 9.91. The van der Waals surface area contributed by atoms with Gasteiger partial charge in [-0.2, -0.15) is 0 Å². The number of nitrogens with two attached hydrogens (primary N) is 1. The minimum atomic E-state index is -0.0681. The van der Waals surface area contributed by atoms with Gasteiger partial charge in [-0.25, -0.2) is 9.97 Å². The summed E-state index contributed by atoms with van der Waals surface area (Å²) in [6, 6.07) is 17.4. The Balaban J connectivity index is 1.64. The second-order valence-corrected chi connectivity index (χ2v) is 5.85. The van der Waals surface area contributed by atoms with Crippen molar-refractivity contribution in [2.24, 2.45) is 0 Å². The molecular formula is C20H20N4O. The number of hydrogen-bond donors (Lipinski definition) is 2. The molecule has 1 amide bonds. The van der Waals surface area contributed by atoms with E-state index in [0.717, 1.165) is 16.8 Å². The summed E-state index contributed by atoms with van der Waals surface area (Å²) in [5.74, 6) is 0.429. The van der Waals surface area contributed by atoms with Crippen molar-refractivity contribution in [3.05, 3.63) is 72.1 Å². The number of rotatable bonds is 5. The van der Waals surface area contributed by atoms with Gasteiger partial charge in [0.25, 0.3) is 0 Å². The third-order valence-electron chi connectivity index (χ3n) is 3.89. The first-order valence-electron chi connectivity index (χ1n) is 8.15. The highest BCUT2D eigenvalue weighted by Crippen LogP contribution is 2.20. The van der Waals surface area contributed by atoms with Crippen molar-refractivity contribution in [3.8, 4) is 11.3 Å². The second-order valence-electron chi connectivity index (χ2n) is 5.85. The van der Waals surface area contributed by atoms with E-state index in [1.165, 1.54) is 0 Å². The first-order chi connectivity index (χ1) is 12.1. The molecule has 0 radical (unpaired) electrons. The molecule has 0 fully saturated rings. The summed E-state index contributed by atoms with van der Waals surface area (Å²) in [7, 11) is 0. The maximum atomic E-state index is 12.1. The minimum absolute atomic E-state index is 0.0681. The zero-order valence-electron chi connectivity index (χ0n) is 14.1. The van der Waals surface area contributed by atoms with Crippen molar-refractivity contribution in [3.63, 3.8) is 0 Å². The van der Waals surface area contributed by atoms with Gasteiger partial charge in [0.2, 0.25) is 5.91 Å². The Morgan fingerprint density at radius 3 is 2.48 bits per heavy atom. The molecule has 1 aromatic heterocycles. The van der Waals surface area contributed by atoms with E-state index in [0.29, 0.717) is 30.0 Å². The van der Waals surface area contributed by atoms with Crippen LogP contribution in [0.2, 0.25) is 0 Å². The largest absolute Gasteiger partial charge is 0.399 e. The molecular weight excluding hydrogens is 312 g/mol. The third kappa shape index (κ3) is 4.41. The Morgan fingerprint density at radius 2 is 1.80 bits per heavy atom. The molecule has 0 atom stereocenters. The molecule has 0 saturated carbocycles. The standard InChI is InChI=1S/C20H20N4O/c1-14-20(24-19(25)12-7-15-5-3-2-4-6-15)22-13-18(23-14)16-8-10-17(21)11-9-16/h2-6,8-11,13H,7,12,21H2,1H3,(H,22,24,25). The SMILES string of the molecule is Cc1nc(-c2ccc(N)cc2)cnc1NC(=O)CCc1ccccc1. The summed E-state index contributed by atoms with van der Waals surface area (Å²) in [4.78, 5) is 21.0. The lowest BCUT2D eigenvalue weighted by molar-refractivity contribution is -0.116. The van der Waals surface area contributed by atoms with E-state index >= 15 is 0 Å².